The van der Waals surface area contributed by atoms with Crippen molar-refractivity contribution in [2.75, 3.05) is 21.1 Å². The van der Waals surface area contributed by atoms with E-state index in [4.69, 9.17) is 4.74 Å². The number of benzene rings is 1. The predicted octanol–water partition coefficient (Wildman–Crippen LogP) is 3.76. The minimum absolute atomic E-state index is 0.130. The molecule has 0 radical (unpaired) electrons. The van der Waals surface area contributed by atoms with E-state index in [9.17, 15) is 4.79 Å². The van der Waals surface area contributed by atoms with Gasteiger partial charge in [-0.3, -0.25) is 9.28 Å². The minimum Gasteiger partial charge on any atom is -0.426 e. The van der Waals surface area contributed by atoms with Gasteiger partial charge in [0.05, 0.1) is 21.1 Å². The van der Waals surface area contributed by atoms with Crippen molar-refractivity contribution < 1.29 is 9.53 Å². The summed E-state index contributed by atoms with van der Waals surface area (Å²) in [4.78, 5) is 11.7. The van der Waals surface area contributed by atoms with Crippen molar-refractivity contribution in [3.05, 3.63) is 24.3 Å². The molecule has 0 saturated heterocycles. The molecule has 19 heavy (non-hydrogen) atoms. The quantitative estimate of drug-likeness (QED) is 0.324. The highest BCUT2D eigenvalue weighted by Crippen LogP contribution is 2.23. The van der Waals surface area contributed by atoms with Gasteiger partial charge in [-0.15, -0.1) is 0 Å². The first-order valence-electron chi connectivity index (χ1n) is 7.06. The summed E-state index contributed by atoms with van der Waals surface area (Å²) < 4.78 is 6.09. The molecule has 0 unspecified atom stereocenters. The summed E-state index contributed by atoms with van der Waals surface area (Å²) in [7, 11) is 6.27. The minimum atomic E-state index is -0.130. The second-order valence-corrected chi connectivity index (χ2v) is 5.79. The number of carbonyl (C=O) groups excluding carboxylic acids is 1. The average Bonchev–Trinajstić information content (AvgIpc) is 2.34. The van der Waals surface area contributed by atoms with Crippen LogP contribution in [0.25, 0.3) is 0 Å². The normalized spacial score (nSPS) is 11.4. The molecule has 3 nitrogen and oxygen atoms in total. The van der Waals surface area contributed by atoms with E-state index in [1.54, 1.807) is 0 Å². The van der Waals surface area contributed by atoms with E-state index < -0.39 is 0 Å². The van der Waals surface area contributed by atoms with Crippen molar-refractivity contribution in [1.29, 1.82) is 0 Å². The van der Waals surface area contributed by atoms with Crippen LogP contribution in [0.3, 0.4) is 0 Å². The third-order valence-corrected chi connectivity index (χ3v) is 3.06. The van der Waals surface area contributed by atoms with Gasteiger partial charge in [-0.05, 0) is 18.6 Å². The zero-order valence-electron chi connectivity index (χ0n) is 12.6. The van der Waals surface area contributed by atoms with Crippen LogP contribution in [0.2, 0.25) is 0 Å². The van der Waals surface area contributed by atoms with E-state index >= 15 is 0 Å². The first kappa shape index (κ1) is 15.7. The Labute approximate surface area is 116 Å². The Balaban J connectivity index is 2.50. The number of hydrogen-bond acceptors (Lipinski definition) is 2. The Morgan fingerprint density at radius 3 is 2.53 bits per heavy atom. The van der Waals surface area contributed by atoms with E-state index in [0.717, 1.165) is 18.5 Å². The number of esters is 1. The summed E-state index contributed by atoms with van der Waals surface area (Å²) in [5.74, 6) is 0.515. The maximum atomic E-state index is 11.7. The lowest BCUT2D eigenvalue weighted by Gasteiger charge is -2.23. The Bertz CT molecular complexity index is 407. The first-order chi connectivity index (χ1) is 8.93. The van der Waals surface area contributed by atoms with Crippen LogP contribution in [0.5, 0.6) is 5.75 Å². The van der Waals surface area contributed by atoms with Crippen molar-refractivity contribution >= 4 is 11.7 Å². The third kappa shape index (κ3) is 5.88. The number of quaternary nitrogens is 1. The molecule has 0 fully saturated rings. The van der Waals surface area contributed by atoms with Crippen LogP contribution in [-0.2, 0) is 4.79 Å². The van der Waals surface area contributed by atoms with Gasteiger partial charge in [-0.1, -0.05) is 32.3 Å². The smallest absolute Gasteiger partial charge is 0.311 e. The van der Waals surface area contributed by atoms with Gasteiger partial charge in [0.1, 0.15) is 11.4 Å². The number of carbonyl (C=O) groups is 1. The lowest BCUT2D eigenvalue weighted by molar-refractivity contribution is -0.134. The van der Waals surface area contributed by atoms with Gasteiger partial charge in [-0.25, -0.2) is 0 Å². The first-order valence-corrected chi connectivity index (χ1v) is 7.06. The average molecular weight is 264 g/mol. The van der Waals surface area contributed by atoms with Crippen molar-refractivity contribution in [3.8, 4) is 5.75 Å². The summed E-state index contributed by atoms with van der Waals surface area (Å²) in [6.45, 7) is 2.16. The van der Waals surface area contributed by atoms with Gasteiger partial charge in [0.15, 0.2) is 0 Å². The molecular weight excluding hydrogens is 238 g/mol. The Morgan fingerprint density at radius 1 is 1.16 bits per heavy atom. The Hall–Kier alpha value is -1.35. The molecule has 0 aromatic heterocycles. The lowest BCUT2D eigenvalue weighted by atomic mass is 10.1. The van der Waals surface area contributed by atoms with Crippen LogP contribution in [-0.4, -0.2) is 27.1 Å². The number of ether oxygens (including phenoxy) is 1. The van der Waals surface area contributed by atoms with Gasteiger partial charge in [0, 0.05) is 12.5 Å². The molecule has 0 saturated carbocycles. The second kappa shape index (κ2) is 7.29. The van der Waals surface area contributed by atoms with E-state index in [0.29, 0.717) is 16.7 Å². The Kier molecular flexibility index (Phi) is 6.03. The SMILES string of the molecule is CCCCCCC(=O)Oc1cccc([N+](C)(C)C)c1. The van der Waals surface area contributed by atoms with Gasteiger partial charge < -0.3 is 4.74 Å². The fourth-order valence-corrected chi connectivity index (χ4v) is 1.84. The molecule has 0 spiro atoms. The highest BCUT2D eigenvalue weighted by molar-refractivity contribution is 5.72. The molecular formula is C16H26NO2+. The van der Waals surface area contributed by atoms with E-state index in [2.05, 4.69) is 28.1 Å². The molecule has 0 atom stereocenters. The zero-order valence-corrected chi connectivity index (χ0v) is 12.6. The molecule has 3 heteroatoms. The van der Waals surface area contributed by atoms with E-state index in [-0.39, 0.29) is 5.97 Å². The molecule has 0 amide bonds. The van der Waals surface area contributed by atoms with Crippen molar-refractivity contribution in [2.45, 2.75) is 39.0 Å². The molecule has 1 rings (SSSR count). The summed E-state index contributed by atoms with van der Waals surface area (Å²) in [5, 5.41) is 0. The standard InChI is InChI=1S/C16H26NO2/c1-5-6-7-8-12-16(18)19-15-11-9-10-14(13-15)17(2,3)4/h9-11,13H,5-8,12H2,1-4H3/q+1. The van der Waals surface area contributed by atoms with Gasteiger partial charge in [-0.2, -0.15) is 0 Å². The molecule has 106 valence electrons. The predicted molar refractivity (Wildman–Crippen MR) is 80.4 cm³/mol. The molecule has 0 N–H and O–H groups in total. The lowest BCUT2D eigenvalue weighted by Crippen LogP contribution is -2.34. The summed E-state index contributed by atoms with van der Waals surface area (Å²) >= 11 is 0. The molecule has 1 aromatic carbocycles. The summed E-state index contributed by atoms with van der Waals surface area (Å²) in [5.41, 5.74) is 1.12. The van der Waals surface area contributed by atoms with E-state index in [1.807, 2.05) is 24.3 Å². The van der Waals surface area contributed by atoms with Crippen LogP contribution >= 0.6 is 0 Å². The third-order valence-electron chi connectivity index (χ3n) is 3.06. The second-order valence-electron chi connectivity index (χ2n) is 5.79. The number of rotatable bonds is 7. The maximum Gasteiger partial charge on any atom is 0.311 e. The Morgan fingerprint density at radius 2 is 1.89 bits per heavy atom. The monoisotopic (exact) mass is 264 g/mol. The van der Waals surface area contributed by atoms with Crippen LogP contribution in [0.4, 0.5) is 5.69 Å². The molecule has 0 bridgehead atoms. The van der Waals surface area contributed by atoms with Crippen LogP contribution in [0.1, 0.15) is 39.0 Å². The fraction of sp³-hybridized carbons (Fsp3) is 0.562. The maximum absolute atomic E-state index is 11.7. The van der Waals surface area contributed by atoms with Crippen LogP contribution in [0.15, 0.2) is 24.3 Å². The summed E-state index contributed by atoms with van der Waals surface area (Å²) in [6, 6.07) is 7.74. The van der Waals surface area contributed by atoms with Crippen molar-refractivity contribution in [1.82, 2.24) is 4.48 Å². The largest absolute Gasteiger partial charge is 0.426 e. The van der Waals surface area contributed by atoms with Crippen LogP contribution in [0, 0.1) is 0 Å². The van der Waals surface area contributed by atoms with Gasteiger partial charge >= 0.3 is 5.97 Å². The van der Waals surface area contributed by atoms with Crippen LogP contribution < -0.4 is 9.22 Å². The number of unbranched alkanes of at least 4 members (excludes halogenated alkanes) is 3. The topological polar surface area (TPSA) is 26.3 Å². The molecule has 0 aliphatic carbocycles. The highest BCUT2D eigenvalue weighted by Gasteiger charge is 2.13. The molecule has 1 aromatic rings. The molecule has 0 heterocycles. The number of nitrogens with zero attached hydrogens (tertiary/aromatic N) is 1. The van der Waals surface area contributed by atoms with E-state index in [1.165, 1.54) is 12.8 Å². The highest BCUT2D eigenvalue weighted by atomic mass is 16.5. The van der Waals surface area contributed by atoms with Crippen molar-refractivity contribution in [2.24, 2.45) is 0 Å². The van der Waals surface area contributed by atoms with Gasteiger partial charge in [0.2, 0.25) is 0 Å². The molecule has 0 aliphatic heterocycles. The van der Waals surface area contributed by atoms with Gasteiger partial charge in [0.25, 0.3) is 0 Å². The molecule has 0 aliphatic rings. The fourth-order valence-electron chi connectivity index (χ4n) is 1.84. The number of hydrogen-bond donors (Lipinski definition) is 0. The van der Waals surface area contributed by atoms with Crippen molar-refractivity contribution in [3.63, 3.8) is 0 Å². The zero-order chi connectivity index (χ0) is 14.3. The summed E-state index contributed by atoms with van der Waals surface area (Å²) in [6.07, 6.45) is 4.89.